The first-order valence-electron chi connectivity index (χ1n) is 4.75. The molecule has 7 heteroatoms. The molecule has 0 spiro atoms. The lowest BCUT2D eigenvalue weighted by atomic mass is 10.1. The lowest BCUT2D eigenvalue weighted by molar-refractivity contribution is -0.137. The molecule has 2 rings (SSSR count). The predicted octanol–water partition coefficient (Wildman–Crippen LogP) is 1.26. The first-order chi connectivity index (χ1) is 7.41. The summed E-state index contributed by atoms with van der Waals surface area (Å²) in [6.45, 7) is 0.911. The first-order valence-corrected chi connectivity index (χ1v) is 4.75. The molecule has 0 amide bonds. The zero-order chi connectivity index (χ0) is 11.9. The second-order valence-electron chi connectivity index (χ2n) is 3.59. The molecule has 0 aliphatic carbocycles. The quantitative estimate of drug-likeness (QED) is 0.709. The number of fused-ring (bicyclic) bond motifs is 1. The van der Waals surface area contributed by atoms with Gasteiger partial charge in [-0.1, -0.05) is 0 Å². The van der Waals surface area contributed by atoms with Gasteiger partial charge in [-0.2, -0.15) is 13.2 Å². The van der Waals surface area contributed by atoms with Crippen LogP contribution in [0.15, 0.2) is 10.9 Å². The van der Waals surface area contributed by atoms with E-state index in [0.717, 1.165) is 0 Å². The topological polar surface area (TPSA) is 60.1 Å². The van der Waals surface area contributed by atoms with Gasteiger partial charge < -0.3 is 11.1 Å². The molecule has 0 radical (unpaired) electrons. The number of aromatic nitrogens is 1. The predicted molar refractivity (Wildman–Crippen MR) is 53.2 cm³/mol. The second kappa shape index (κ2) is 3.43. The van der Waals surface area contributed by atoms with Gasteiger partial charge in [0.15, 0.2) is 0 Å². The highest BCUT2D eigenvalue weighted by Crippen LogP contribution is 2.36. The third-order valence-corrected chi connectivity index (χ3v) is 2.51. The summed E-state index contributed by atoms with van der Waals surface area (Å²) in [6, 6.07) is 0.547. The van der Waals surface area contributed by atoms with Gasteiger partial charge in [-0.3, -0.25) is 9.36 Å². The molecule has 0 atom stereocenters. The Hall–Kier alpha value is -1.66. The number of hydrogen-bond acceptors (Lipinski definition) is 3. The third-order valence-electron chi connectivity index (χ3n) is 2.51. The number of anilines is 2. The monoisotopic (exact) mass is 233 g/mol. The number of nitrogens with zero attached hydrogens (tertiary/aromatic N) is 1. The standard InChI is InChI=1S/C9H10F3N3O/c10-9(11,12)5-4-6(16)15-3-1-2-14-8(15)7(5)13/h4,14H,1-3,13H2. The van der Waals surface area contributed by atoms with Gasteiger partial charge in [0.05, 0.1) is 11.3 Å². The summed E-state index contributed by atoms with van der Waals surface area (Å²) < 4.78 is 38.9. The highest BCUT2D eigenvalue weighted by atomic mass is 19.4. The van der Waals surface area contributed by atoms with E-state index in [-0.39, 0.29) is 5.82 Å². The molecular formula is C9H10F3N3O. The first kappa shape index (κ1) is 10.8. The maximum Gasteiger partial charge on any atom is 0.418 e. The zero-order valence-electron chi connectivity index (χ0n) is 8.27. The number of nitrogens with one attached hydrogen (secondary N) is 1. The van der Waals surface area contributed by atoms with Crippen LogP contribution in [-0.4, -0.2) is 11.1 Å². The molecule has 88 valence electrons. The number of rotatable bonds is 0. The average Bonchev–Trinajstić information content (AvgIpc) is 2.22. The summed E-state index contributed by atoms with van der Waals surface area (Å²) >= 11 is 0. The molecular weight excluding hydrogens is 223 g/mol. The van der Waals surface area contributed by atoms with Crippen molar-refractivity contribution in [3.05, 3.63) is 22.0 Å². The Kier molecular flexibility index (Phi) is 2.32. The number of alkyl halides is 3. The minimum absolute atomic E-state index is 0.0751. The lowest BCUT2D eigenvalue weighted by Gasteiger charge is -2.23. The Morgan fingerprint density at radius 1 is 1.44 bits per heavy atom. The average molecular weight is 233 g/mol. The molecule has 1 aromatic heterocycles. The van der Waals surface area contributed by atoms with Crippen LogP contribution in [-0.2, 0) is 12.7 Å². The van der Waals surface area contributed by atoms with Crippen molar-refractivity contribution in [1.29, 1.82) is 0 Å². The van der Waals surface area contributed by atoms with Crippen LogP contribution in [0.1, 0.15) is 12.0 Å². The minimum atomic E-state index is -4.60. The lowest BCUT2D eigenvalue weighted by Crippen LogP contribution is -2.31. The van der Waals surface area contributed by atoms with Crippen LogP contribution in [0.4, 0.5) is 24.7 Å². The van der Waals surface area contributed by atoms with Crippen molar-refractivity contribution in [1.82, 2.24) is 4.57 Å². The maximum atomic E-state index is 12.5. The summed E-state index contributed by atoms with van der Waals surface area (Å²) in [4.78, 5) is 11.5. The maximum absolute atomic E-state index is 12.5. The molecule has 1 aliphatic heterocycles. The Balaban J connectivity index is 2.68. The zero-order valence-corrected chi connectivity index (χ0v) is 8.27. The van der Waals surface area contributed by atoms with E-state index in [2.05, 4.69) is 5.32 Å². The van der Waals surface area contributed by atoms with Crippen LogP contribution in [0.5, 0.6) is 0 Å². The molecule has 0 saturated carbocycles. The van der Waals surface area contributed by atoms with Crippen molar-refractivity contribution in [3.63, 3.8) is 0 Å². The number of halogens is 3. The normalized spacial score (nSPS) is 15.4. The fourth-order valence-corrected chi connectivity index (χ4v) is 1.75. The summed E-state index contributed by atoms with van der Waals surface area (Å²) in [6.07, 6.45) is -3.91. The largest absolute Gasteiger partial charge is 0.418 e. The fraction of sp³-hybridized carbons (Fsp3) is 0.444. The number of pyridine rings is 1. The van der Waals surface area contributed by atoms with Gasteiger partial charge in [0, 0.05) is 19.2 Å². The van der Waals surface area contributed by atoms with Crippen molar-refractivity contribution in [2.45, 2.75) is 19.1 Å². The number of nitrogen functional groups attached to an aromatic ring is 1. The highest BCUT2D eigenvalue weighted by molar-refractivity contribution is 5.67. The Morgan fingerprint density at radius 3 is 2.75 bits per heavy atom. The summed E-state index contributed by atoms with van der Waals surface area (Å²) in [5, 5.41) is 2.72. The van der Waals surface area contributed by atoms with Crippen molar-refractivity contribution in [2.24, 2.45) is 0 Å². The van der Waals surface area contributed by atoms with Crippen LogP contribution in [0.3, 0.4) is 0 Å². The highest BCUT2D eigenvalue weighted by Gasteiger charge is 2.35. The molecule has 0 aromatic carbocycles. The molecule has 0 bridgehead atoms. The fourth-order valence-electron chi connectivity index (χ4n) is 1.75. The van der Waals surface area contributed by atoms with E-state index in [1.165, 1.54) is 4.57 Å². The van der Waals surface area contributed by atoms with Gasteiger partial charge in [-0.25, -0.2) is 0 Å². The SMILES string of the molecule is Nc1c(C(F)(F)F)cc(=O)n2c1NCCC2. The molecule has 3 N–H and O–H groups in total. The van der Waals surface area contributed by atoms with Crippen LogP contribution in [0.2, 0.25) is 0 Å². The van der Waals surface area contributed by atoms with Crippen molar-refractivity contribution in [2.75, 3.05) is 17.6 Å². The Bertz CT molecular complexity index is 478. The molecule has 0 fully saturated rings. The van der Waals surface area contributed by atoms with Crippen LogP contribution in [0.25, 0.3) is 0 Å². The van der Waals surface area contributed by atoms with Gasteiger partial charge in [-0.15, -0.1) is 0 Å². The van der Waals surface area contributed by atoms with Crippen molar-refractivity contribution >= 4 is 11.5 Å². The molecule has 0 unspecified atom stereocenters. The van der Waals surface area contributed by atoms with Crippen LogP contribution >= 0.6 is 0 Å². The third kappa shape index (κ3) is 1.62. The van der Waals surface area contributed by atoms with E-state index >= 15 is 0 Å². The van der Waals surface area contributed by atoms with E-state index in [1.54, 1.807) is 0 Å². The van der Waals surface area contributed by atoms with Crippen molar-refractivity contribution < 1.29 is 13.2 Å². The molecule has 0 saturated heterocycles. The summed E-state index contributed by atoms with van der Waals surface area (Å²) in [5.74, 6) is 0.0751. The molecule has 1 aromatic rings. The number of nitrogens with two attached hydrogens (primary N) is 1. The van der Waals surface area contributed by atoms with E-state index in [9.17, 15) is 18.0 Å². The van der Waals surface area contributed by atoms with E-state index in [0.29, 0.717) is 25.6 Å². The Morgan fingerprint density at radius 2 is 2.12 bits per heavy atom. The second-order valence-corrected chi connectivity index (χ2v) is 3.59. The van der Waals surface area contributed by atoms with Crippen LogP contribution < -0.4 is 16.6 Å². The summed E-state index contributed by atoms with van der Waals surface area (Å²) in [5.41, 5.74) is 3.26. The number of hydrogen-bond donors (Lipinski definition) is 2. The van der Waals surface area contributed by atoms with Gasteiger partial charge in [0.1, 0.15) is 5.82 Å². The van der Waals surface area contributed by atoms with Gasteiger partial charge >= 0.3 is 6.18 Å². The Labute approximate surface area is 88.9 Å². The molecule has 4 nitrogen and oxygen atoms in total. The van der Waals surface area contributed by atoms with Crippen LogP contribution in [0, 0.1) is 0 Å². The summed E-state index contributed by atoms with van der Waals surface area (Å²) in [7, 11) is 0. The van der Waals surface area contributed by atoms with Crippen molar-refractivity contribution in [3.8, 4) is 0 Å². The van der Waals surface area contributed by atoms with E-state index in [1.807, 2.05) is 0 Å². The minimum Gasteiger partial charge on any atom is -0.395 e. The molecule has 16 heavy (non-hydrogen) atoms. The van der Waals surface area contributed by atoms with Gasteiger partial charge in [0.25, 0.3) is 5.56 Å². The van der Waals surface area contributed by atoms with E-state index < -0.39 is 23.0 Å². The van der Waals surface area contributed by atoms with Gasteiger partial charge in [-0.05, 0) is 6.42 Å². The molecule has 2 heterocycles. The van der Waals surface area contributed by atoms with Gasteiger partial charge in [0.2, 0.25) is 0 Å². The van der Waals surface area contributed by atoms with E-state index in [4.69, 9.17) is 5.73 Å². The smallest absolute Gasteiger partial charge is 0.395 e. The molecule has 1 aliphatic rings.